The van der Waals surface area contributed by atoms with Gasteiger partial charge in [0, 0.05) is 38.4 Å². The molecule has 0 radical (unpaired) electrons. The van der Waals surface area contributed by atoms with Crippen LogP contribution in [0.1, 0.15) is 18.4 Å². The van der Waals surface area contributed by atoms with Crippen LogP contribution in [0, 0.1) is 0 Å². The number of hydrogen-bond donors (Lipinski definition) is 0. The van der Waals surface area contributed by atoms with Crippen LogP contribution in [0.5, 0.6) is 5.75 Å². The van der Waals surface area contributed by atoms with Crippen LogP contribution in [-0.2, 0) is 18.4 Å². The highest BCUT2D eigenvalue weighted by Gasteiger charge is 2.35. The fourth-order valence-electron chi connectivity index (χ4n) is 3.61. The van der Waals surface area contributed by atoms with Crippen LogP contribution in [0.15, 0.2) is 36.7 Å². The summed E-state index contributed by atoms with van der Waals surface area (Å²) in [5, 5.41) is 4.20. The predicted molar refractivity (Wildman–Crippen MR) is 90.9 cm³/mol. The maximum Gasteiger partial charge on any atom is 0.244 e. The Morgan fingerprint density at radius 1 is 1.25 bits per heavy atom. The largest absolute Gasteiger partial charge is 0.492 e. The van der Waals surface area contributed by atoms with Crippen LogP contribution in [0.2, 0.25) is 0 Å². The van der Waals surface area contributed by atoms with Crippen molar-refractivity contribution in [2.45, 2.75) is 25.4 Å². The van der Waals surface area contributed by atoms with E-state index in [0.717, 1.165) is 49.5 Å². The second-order valence-corrected chi connectivity index (χ2v) is 6.45. The van der Waals surface area contributed by atoms with Gasteiger partial charge in [0.05, 0.1) is 17.9 Å². The second kappa shape index (κ2) is 6.28. The van der Waals surface area contributed by atoms with Crippen molar-refractivity contribution in [3.63, 3.8) is 0 Å². The first-order valence-electron chi connectivity index (χ1n) is 8.47. The summed E-state index contributed by atoms with van der Waals surface area (Å²) in [6, 6.07) is 8.01. The molecule has 0 aliphatic carbocycles. The first-order chi connectivity index (χ1) is 11.7. The fourth-order valence-corrected chi connectivity index (χ4v) is 3.61. The van der Waals surface area contributed by atoms with Crippen molar-refractivity contribution >= 4 is 11.6 Å². The predicted octanol–water partition coefficient (Wildman–Crippen LogP) is 1.81. The van der Waals surface area contributed by atoms with Gasteiger partial charge in [-0.1, -0.05) is 18.2 Å². The Labute approximate surface area is 141 Å². The molecule has 0 saturated carbocycles. The number of carbonyl (C=O) groups is 1. The number of aryl methyl sites for hydroxylation is 1. The molecule has 0 N–H and O–H groups in total. The zero-order chi connectivity index (χ0) is 16.5. The third kappa shape index (κ3) is 2.78. The molecule has 2 aliphatic heterocycles. The fraction of sp³-hybridized carbons (Fsp3) is 0.444. The minimum Gasteiger partial charge on any atom is -0.492 e. The van der Waals surface area contributed by atoms with Gasteiger partial charge in [0.1, 0.15) is 12.4 Å². The Kier molecular flexibility index (Phi) is 3.98. The molecule has 1 atom stereocenters. The number of anilines is 1. The summed E-state index contributed by atoms with van der Waals surface area (Å²) in [4.78, 5) is 17.2. The number of nitrogens with zero attached hydrogens (tertiary/aromatic N) is 4. The third-order valence-corrected chi connectivity index (χ3v) is 4.84. The summed E-state index contributed by atoms with van der Waals surface area (Å²) < 4.78 is 7.58. The third-order valence-electron chi connectivity index (χ3n) is 4.84. The number of amides is 1. The van der Waals surface area contributed by atoms with Crippen molar-refractivity contribution < 1.29 is 9.53 Å². The zero-order valence-corrected chi connectivity index (χ0v) is 13.9. The first-order valence-corrected chi connectivity index (χ1v) is 8.47. The lowest BCUT2D eigenvalue weighted by molar-refractivity contribution is -0.125. The molecule has 3 heterocycles. The van der Waals surface area contributed by atoms with Gasteiger partial charge in [-0.15, -0.1) is 0 Å². The van der Waals surface area contributed by atoms with Crippen molar-refractivity contribution in [2.24, 2.45) is 7.05 Å². The number of piperidine rings is 1. The molecule has 6 nitrogen and oxygen atoms in total. The molecule has 1 aromatic heterocycles. The lowest BCUT2D eigenvalue weighted by atomic mass is 10.0. The van der Waals surface area contributed by atoms with E-state index in [9.17, 15) is 4.79 Å². The van der Waals surface area contributed by atoms with Crippen LogP contribution < -0.4 is 9.64 Å². The van der Waals surface area contributed by atoms with Crippen LogP contribution in [-0.4, -0.2) is 46.3 Å². The molecule has 126 valence electrons. The lowest BCUT2D eigenvalue weighted by Crippen LogP contribution is -2.52. The topological polar surface area (TPSA) is 50.6 Å². The van der Waals surface area contributed by atoms with E-state index in [-0.39, 0.29) is 11.9 Å². The minimum atomic E-state index is -0.0892. The monoisotopic (exact) mass is 326 g/mol. The normalized spacial score (nSPS) is 22.0. The molecule has 0 spiro atoms. The van der Waals surface area contributed by atoms with E-state index in [1.807, 2.05) is 36.3 Å². The van der Waals surface area contributed by atoms with Crippen molar-refractivity contribution in [1.82, 2.24) is 14.7 Å². The summed E-state index contributed by atoms with van der Waals surface area (Å²) in [6.45, 7) is 2.91. The SMILES string of the molecule is Cn1cc(N2CCCC(N3CCOc4ccccc4C3)C2=O)cn1. The number of carbonyl (C=O) groups excluding carboxylic acids is 1. The number of ether oxygens (including phenoxy) is 1. The molecule has 1 saturated heterocycles. The van der Waals surface area contributed by atoms with Crippen molar-refractivity contribution in [3.05, 3.63) is 42.2 Å². The van der Waals surface area contributed by atoms with Gasteiger partial charge in [-0.3, -0.25) is 14.4 Å². The molecule has 0 bridgehead atoms. The highest BCUT2D eigenvalue weighted by molar-refractivity contribution is 5.97. The highest BCUT2D eigenvalue weighted by Crippen LogP contribution is 2.28. The van der Waals surface area contributed by atoms with Gasteiger partial charge in [0.15, 0.2) is 0 Å². The Morgan fingerprint density at radius 2 is 2.12 bits per heavy atom. The summed E-state index contributed by atoms with van der Waals surface area (Å²) in [5.41, 5.74) is 2.04. The van der Waals surface area contributed by atoms with E-state index >= 15 is 0 Å². The summed E-state index contributed by atoms with van der Waals surface area (Å²) in [6.07, 6.45) is 5.57. The highest BCUT2D eigenvalue weighted by atomic mass is 16.5. The average Bonchev–Trinajstić information content (AvgIpc) is 2.90. The van der Waals surface area contributed by atoms with Gasteiger partial charge in [-0.05, 0) is 18.9 Å². The molecule has 6 heteroatoms. The van der Waals surface area contributed by atoms with Gasteiger partial charge in [0.25, 0.3) is 0 Å². The molecule has 1 amide bonds. The number of rotatable bonds is 2. The molecule has 2 aliphatic rings. The van der Waals surface area contributed by atoms with Gasteiger partial charge in [-0.2, -0.15) is 5.10 Å². The molecular weight excluding hydrogens is 304 g/mol. The van der Waals surface area contributed by atoms with Crippen LogP contribution in [0.3, 0.4) is 0 Å². The quantitative estimate of drug-likeness (QED) is 0.844. The van der Waals surface area contributed by atoms with E-state index in [1.165, 1.54) is 0 Å². The van der Waals surface area contributed by atoms with Gasteiger partial charge >= 0.3 is 0 Å². The van der Waals surface area contributed by atoms with E-state index in [0.29, 0.717) is 6.61 Å². The minimum absolute atomic E-state index is 0.0892. The molecule has 4 rings (SSSR count). The number of fused-ring (bicyclic) bond motifs is 1. The maximum atomic E-state index is 13.1. The summed E-state index contributed by atoms with van der Waals surface area (Å²) in [7, 11) is 1.87. The average molecular weight is 326 g/mol. The maximum absolute atomic E-state index is 13.1. The smallest absolute Gasteiger partial charge is 0.244 e. The standard InChI is InChI=1S/C18H22N4O2/c1-20-13-15(11-19-20)22-8-4-6-16(18(22)23)21-9-10-24-17-7-3-2-5-14(17)12-21/h2-3,5,7,11,13,16H,4,6,8-10,12H2,1H3. The first kappa shape index (κ1) is 15.2. The Hall–Kier alpha value is -2.34. The van der Waals surface area contributed by atoms with E-state index in [4.69, 9.17) is 4.74 Å². The van der Waals surface area contributed by atoms with Crippen molar-refractivity contribution in [2.75, 3.05) is 24.6 Å². The number of benzene rings is 1. The molecule has 1 unspecified atom stereocenters. The van der Waals surface area contributed by atoms with Crippen LogP contribution in [0.4, 0.5) is 5.69 Å². The van der Waals surface area contributed by atoms with Gasteiger partial charge in [0.2, 0.25) is 5.91 Å². The van der Waals surface area contributed by atoms with Gasteiger partial charge < -0.3 is 9.64 Å². The molecule has 1 fully saturated rings. The number of para-hydroxylation sites is 1. The van der Waals surface area contributed by atoms with E-state index in [1.54, 1.807) is 10.9 Å². The molecule has 24 heavy (non-hydrogen) atoms. The van der Waals surface area contributed by atoms with Crippen molar-refractivity contribution in [1.29, 1.82) is 0 Å². The molecule has 2 aromatic rings. The summed E-state index contributed by atoms with van der Waals surface area (Å²) >= 11 is 0. The number of hydrogen-bond acceptors (Lipinski definition) is 4. The van der Waals surface area contributed by atoms with Gasteiger partial charge in [-0.25, -0.2) is 0 Å². The van der Waals surface area contributed by atoms with Crippen LogP contribution >= 0.6 is 0 Å². The Bertz CT molecular complexity index is 742. The van der Waals surface area contributed by atoms with Crippen molar-refractivity contribution in [3.8, 4) is 5.75 Å². The Balaban J connectivity index is 1.56. The zero-order valence-electron chi connectivity index (χ0n) is 13.9. The molecule has 1 aromatic carbocycles. The molecular formula is C18H22N4O2. The summed E-state index contributed by atoms with van der Waals surface area (Å²) in [5.74, 6) is 1.11. The lowest BCUT2D eigenvalue weighted by Gasteiger charge is -2.37. The Morgan fingerprint density at radius 3 is 2.96 bits per heavy atom. The van der Waals surface area contributed by atoms with Crippen LogP contribution in [0.25, 0.3) is 0 Å². The van der Waals surface area contributed by atoms with E-state index < -0.39 is 0 Å². The second-order valence-electron chi connectivity index (χ2n) is 6.45. The number of aromatic nitrogens is 2. The van der Waals surface area contributed by atoms with E-state index in [2.05, 4.69) is 16.1 Å².